The Kier molecular flexibility index (Phi) is 3.52. The van der Waals surface area contributed by atoms with E-state index in [-0.39, 0.29) is 0 Å². The van der Waals surface area contributed by atoms with Gasteiger partial charge in [0, 0.05) is 13.2 Å². The minimum Gasteiger partial charge on any atom is -0.389 e. The summed E-state index contributed by atoms with van der Waals surface area (Å²) in [6, 6.07) is 3.73. The average Bonchev–Trinajstić information content (AvgIpc) is 2.62. The fraction of sp³-hybridized carbons (Fsp3) is 0.273. The zero-order valence-corrected chi connectivity index (χ0v) is 11.0. The van der Waals surface area contributed by atoms with Gasteiger partial charge in [0.1, 0.15) is 10.8 Å². The monoisotopic (exact) mass is 262 g/mol. The van der Waals surface area contributed by atoms with Crippen molar-refractivity contribution < 1.29 is 0 Å². The summed E-state index contributed by atoms with van der Waals surface area (Å²) in [5, 5.41) is 15.3. The lowest BCUT2D eigenvalue weighted by atomic mass is 10.2. The topological polar surface area (TPSA) is 81.7 Å². The maximum atomic E-state index is 5.71. The molecule has 3 N–H and O–H groups in total. The molecule has 0 saturated carbocycles. The van der Waals surface area contributed by atoms with Gasteiger partial charge in [-0.15, -0.1) is 0 Å². The van der Waals surface area contributed by atoms with Crippen molar-refractivity contribution >= 4 is 23.0 Å². The SMILES string of the molecule is Cc1nn(C)c(NCc2cccnn2)c1C(N)=S. The lowest BCUT2D eigenvalue weighted by molar-refractivity contribution is 0.755. The summed E-state index contributed by atoms with van der Waals surface area (Å²) >= 11 is 5.04. The Hall–Kier alpha value is -2.02. The second-order valence-electron chi connectivity index (χ2n) is 3.87. The Morgan fingerprint density at radius 2 is 2.33 bits per heavy atom. The highest BCUT2D eigenvalue weighted by molar-refractivity contribution is 7.80. The molecule has 0 bridgehead atoms. The maximum Gasteiger partial charge on any atom is 0.134 e. The lowest BCUT2D eigenvalue weighted by Crippen LogP contribution is -2.14. The maximum absolute atomic E-state index is 5.71. The molecule has 0 aliphatic carbocycles. The van der Waals surface area contributed by atoms with Gasteiger partial charge in [-0.2, -0.15) is 15.3 Å². The Bertz CT molecular complexity index is 562. The number of nitrogens with zero attached hydrogens (tertiary/aromatic N) is 4. The van der Waals surface area contributed by atoms with Crippen molar-refractivity contribution in [1.29, 1.82) is 0 Å². The number of hydrogen-bond donors (Lipinski definition) is 2. The van der Waals surface area contributed by atoms with Gasteiger partial charge in [0.05, 0.1) is 23.5 Å². The number of nitrogens with two attached hydrogens (primary N) is 1. The molecule has 0 radical (unpaired) electrons. The molecule has 2 heterocycles. The van der Waals surface area contributed by atoms with Gasteiger partial charge >= 0.3 is 0 Å². The summed E-state index contributed by atoms with van der Waals surface area (Å²) < 4.78 is 1.72. The van der Waals surface area contributed by atoms with Crippen molar-refractivity contribution in [2.75, 3.05) is 5.32 Å². The second kappa shape index (κ2) is 5.09. The molecule has 2 aromatic rings. The van der Waals surface area contributed by atoms with E-state index in [2.05, 4.69) is 20.6 Å². The normalized spacial score (nSPS) is 10.3. The van der Waals surface area contributed by atoms with Crippen LogP contribution in [0.5, 0.6) is 0 Å². The second-order valence-corrected chi connectivity index (χ2v) is 4.31. The van der Waals surface area contributed by atoms with Crippen LogP contribution >= 0.6 is 12.2 Å². The van der Waals surface area contributed by atoms with E-state index in [4.69, 9.17) is 18.0 Å². The van der Waals surface area contributed by atoms with Crippen LogP contribution in [0.2, 0.25) is 0 Å². The predicted octanol–water partition coefficient (Wildman–Crippen LogP) is 0.765. The lowest BCUT2D eigenvalue weighted by Gasteiger charge is -2.08. The van der Waals surface area contributed by atoms with Crippen molar-refractivity contribution in [3.8, 4) is 0 Å². The fourth-order valence-electron chi connectivity index (χ4n) is 1.76. The largest absolute Gasteiger partial charge is 0.389 e. The van der Waals surface area contributed by atoms with E-state index < -0.39 is 0 Å². The van der Waals surface area contributed by atoms with Crippen LogP contribution in [0.4, 0.5) is 5.82 Å². The van der Waals surface area contributed by atoms with Crippen molar-refractivity contribution in [1.82, 2.24) is 20.0 Å². The molecule has 0 aliphatic rings. The number of aromatic nitrogens is 4. The van der Waals surface area contributed by atoms with E-state index in [1.807, 2.05) is 26.1 Å². The summed E-state index contributed by atoms with van der Waals surface area (Å²) in [7, 11) is 1.84. The molecule has 7 heteroatoms. The van der Waals surface area contributed by atoms with Gasteiger partial charge < -0.3 is 11.1 Å². The van der Waals surface area contributed by atoms with Crippen LogP contribution in [0, 0.1) is 6.92 Å². The molecular formula is C11H14N6S. The first-order chi connectivity index (χ1) is 8.59. The van der Waals surface area contributed by atoms with Gasteiger partial charge in [-0.3, -0.25) is 4.68 Å². The van der Waals surface area contributed by atoms with E-state index >= 15 is 0 Å². The molecule has 0 aromatic carbocycles. The minimum absolute atomic E-state index is 0.335. The van der Waals surface area contributed by atoms with Crippen LogP contribution < -0.4 is 11.1 Å². The molecule has 94 valence electrons. The molecule has 0 amide bonds. The molecule has 2 aromatic heterocycles. The summed E-state index contributed by atoms with van der Waals surface area (Å²) in [5.74, 6) is 0.797. The smallest absolute Gasteiger partial charge is 0.134 e. The Morgan fingerprint density at radius 1 is 1.56 bits per heavy atom. The van der Waals surface area contributed by atoms with Crippen LogP contribution in [0.25, 0.3) is 0 Å². The molecule has 0 unspecified atom stereocenters. The van der Waals surface area contributed by atoms with Crippen LogP contribution in [-0.2, 0) is 13.6 Å². The molecule has 0 atom stereocenters. The highest BCUT2D eigenvalue weighted by Gasteiger charge is 2.15. The number of nitrogens with one attached hydrogen (secondary N) is 1. The van der Waals surface area contributed by atoms with Gasteiger partial charge in [0.2, 0.25) is 0 Å². The van der Waals surface area contributed by atoms with Gasteiger partial charge in [-0.25, -0.2) is 0 Å². The Balaban J connectivity index is 2.22. The highest BCUT2D eigenvalue weighted by atomic mass is 32.1. The van der Waals surface area contributed by atoms with E-state index in [0.717, 1.165) is 22.8 Å². The van der Waals surface area contributed by atoms with Crippen LogP contribution in [0.3, 0.4) is 0 Å². The van der Waals surface area contributed by atoms with Gasteiger partial charge in [0.15, 0.2) is 0 Å². The standard InChI is InChI=1S/C11H14N6S/c1-7-9(10(12)18)11(17(2)16-7)13-6-8-4-3-5-14-15-8/h3-5,13H,6H2,1-2H3,(H2,12,18). The third-order valence-electron chi connectivity index (χ3n) is 2.53. The highest BCUT2D eigenvalue weighted by Crippen LogP contribution is 2.18. The Morgan fingerprint density at radius 3 is 2.94 bits per heavy atom. The molecule has 6 nitrogen and oxygen atoms in total. The predicted molar refractivity (Wildman–Crippen MR) is 73.2 cm³/mol. The van der Waals surface area contributed by atoms with Crippen molar-refractivity contribution in [2.45, 2.75) is 13.5 Å². The van der Waals surface area contributed by atoms with E-state index in [9.17, 15) is 0 Å². The van der Waals surface area contributed by atoms with Crippen molar-refractivity contribution in [3.05, 3.63) is 35.3 Å². The zero-order chi connectivity index (χ0) is 13.1. The summed E-state index contributed by atoms with van der Waals surface area (Å²) in [5.41, 5.74) is 8.13. The molecule has 18 heavy (non-hydrogen) atoms. The molecule has 0 saturated heterocycles. The molecule has 0 spiro atoms. The summed E-state index contributed by atoms with van der Waals surface area (Å²) in [4.78, 5) is 0.335. The number of rotatable bonds is 4. The number of aryl methyl sites for hydroxylation is 2. The number of thiocarbonyl (C=S) groups is 1. The third kappa shape index (κ3) is 2.45. The fourth-order valence-corrected chi connectivity index (χ4v) is 2.00. The third-order valence-corrected chi connectivity index (χ3v) is 2.74. The quantitative estimate of drug-likeness (QED) is 0.792. The molecule has 0 aliphatic heterocycles. The molecular weight excluding hydrogens is 248 g/mol. The van der Waals surface area contributed by atoms with Crippen LogP contribution in [-0.4, -0.2) is 25.0 Å². The first-order valence-corrected chi connectivity index (χ1v) is 5.84. The van der Waals surface area contributed by atoms with E-state index in [0.29, 0.717) is 11.5 Å². The first-order valence-electron chi connectivity index (χ1n) is 5.43. The van der Waals surface area contributed by atoms with Crippen LogP contribution in [0.15, 0.2) is 18.3 Å². The van der Waals surface area contributed by atoms with E-state index in [1.165, 1.54) is 0 Å². The molecule has 0 fully saturated rings. The zero-order valence-electron chi connectivity index (χ0n) is 10.2. The van der Waals surface area contributed by atoms with Gasteiger partial charge in [-0.1, -0.05) is 12.2 Å². The van der Waals surface area contributed by atoms with E-state index in [1.54, 1.807) is 10.9 Å². The number of anilines is 1. The minimum atomic E-state index is 0.335. The summed E-state index contributed by atoms with van der Waals surface area (Å²) in [6.07, 6.45) is 1.64. The van der Waals surface area contributed by atoms with Crippen LogP contribution in [0.1, 0.15) is 17.0 Å². The molecule has 2 rings (SSSR count). The summed E-state index contributed by atoms with van der Waals surface area (Å²) in [6.45, 7) is 2.42. The Labute approximate surface area is 110 Å². The van der Waals surface area contributed by atoms with Gasteiger partial charge in [0.25, 0.3) is 0 Å². The average molecular weight is 262 g/mol. The number of hydrogen-bond acceptors (Lipinski definition) is 5. The van der Waals surface area contributed by atoms with Gasteiger partial charge in [-0.05, 0) is 19.1 Å². The van der Waals surface area contributed by atoms with Crippen molar-refractivity contribution in [3.63, 3.8) is 0 Å². The first kappa shape index (κ1) is 12.4. The van der Waals surface area contributed by atoms with Crippen molar-refractivity contribution in [2.24, 2.45) is 12.8 Å².